The summed E-state index contributed by atoms with van der Waals surface area (Å²) in [6.45, 7) is 3.70. The van der Waals surface area contributed by atoms with Gasteiger partial charge in [-0.3, -0.25) is 19.9 Å². The summed E-state index contributed by atoms with van der Waals surface area (Å²) in [4.78, 5) is 41.7. The van der Waals surface area contributed by atoms with Crippen molar-refractivity contribution in [2.75, 3.05) is 30.1 Å². The van der Waals surface area contributed by atoms with Gasteiger partial charge in [0.25, 0.3) is 0 Å². The largest absolute Gasteiger partial charge is 0.789 e. The van der Waals surface area contributed by atoms with Gasteiger partial charge in [0.2, 0.25) is 0 Å². The molecule has 0 atom stereocenters. The van der Waals surface area contributed by atoms with Crippen LogP contribution in [0.5, 0.6) is 0 Å². The van der Waals surface area contributed by atoms with Crippen molar-refractivity contribution in [3.05, 3.63) is 352 Å². The molecular formula is C98H94N4Ni7O2S30-28. The molecule has 4 aliphatic carbocycles. The number of aromatic nitrogens is 4. The van der Waals surface area contributed by atoms with Gasteiger partial charge in [-0.2, -0.15) is 73.1 Å². The molecule has 4 aromatic carbocycles. The first-order valence-electron chi connectivity index (χ1n) is 40.7. The molecule has 0 N–H and O–H groups in total. The Morgan fingerprint density at radius 2 is 0.603 bits per heavy atom. The number of fused-ring (bicyclic) bond motifs is 2. The van der Waals surface area contributed by atoms with Crippen LogP contribution >= 0.6 is 23.5 Å². The molecule has 43 heteroatoms. The number of hydrogen-bond donors (Lipinski definition) is 0. The predicted octanol–water partition coefficient (Wildman–Crippen LogP) is 25.2. The molecule has 8 aromatic rings. The SMILES string of the molecule is CC([S-])=C([S-])c1ccccc1.CC([S-])=C([S-])c1ccccc1.COC([S-])=C[S-].O=CC([S-])=C[S-].[Ni].[Ni].[Ni].[Ni].[Ni].[Ni].[Ni].[S-]C1=C([S-])CCCC1.[S-]C1=C([S-])CCCC1.[S-]C1=C([S-])CSCC1.[S-]C1=C([S-])CSCC1.[S-]C=C([S-])C1=CCCCC1.[S-]C=C([S-])C1=CCCCC1.[S-]C=C([S-])c1ccncc1.[S-]C=C([S-])c1ccncc1.[S-]C=C([S-])c1cnc2ccccc2c1.[S-]C=C([S-])c1cnc2ccccc2c1. The topological polar surface area (TPSA) is 77.9 Å². The van der Waals surface area contributed by atoms with Gasteiger partial charge in [0, 0.05) is 163 Å². The number of pyridine rings is 4. The molecule has 6 nitrogen and oxygen atoms in total. The number of hydrogen-bond acceptors (Lipinski definition) is 36. The minimum Gasteiger partial charge on any atom is -0.789 e. The first kappa shape index (κ1) is 154. The molecule has 6 heterocycles. The Morgan fingerprint density at radius 3 is 0.823 bits per heavy atom. The summed E-state index contributed by atoms with van der Waals surface area (Å²) in [5.41, 5.74) is 10.3. The molecule has 14 rings (SSSR count). The Labute approximate surface area is 1070 Å². The number of carbonyl (C=O) groups is 1. The summed E-state index contributed by atoms with van der Waals surface area (Å²) < 4.78 is 4.47. The second kappa shape index (κ2) is 97.8. The number of carbonyl (C=O) groups excluding carboxylic acids is 1. The number of ether oxygens (including phenoxy) is 1. The summed E-state index contributed by atoms with van der Waals surface area (Å²) >= 11 is 140. The van der Waals surface area contributed by atoms with Crippen molar-refractivity contribution >= 4 is 435 Å². The van der Waals surface area contributed by atoms with Crippen molar-refractivity contribution in [2.45, 2.75) is 129 Å². The smallest absolute Gasteiger partial charge is 0.121 e. The average Bonchev–Trinajstić information content (AvgIpc) is 0.835. The number of rotatable bonds is 10. The fourth-order valence-corrected chi connectivity index (χ4v) is 17.0. The van der Waals surface area contributed by atoms with Crippen molar-refractivity contribution in [3.63, 3.8) is 0 Å². The van der Waals surface area contributed by atoms with Gasteiger partial charge >= 0.3 is 0 Å². The van der Waals surface area contributed by atoms with Crippen molar-refractivity contribution < 1.29 is 125 Å². The average molecular weight is 2730 g/mol. The summed E-state index contributed by atoms with van der Waals surface area (Å²) in [5, 5.41) is 14.2. The van der Waals surface area contributed by atoms with Gasteiger partial charge in [-0.05, 0) is 169 Å². The van der Waals surface area contributed by atoms with E-state index in [2.05, 4.69) is 113 Å². The van der Waals surface area contributed by atoms with Gasteiger partial charge in [0.05, 0.1) is 18.1 Å². The van der Waals surface area contributed by atoms with Crippen molar-refractivity contribution in [1.29, 1.82) is 0 Å². The van der Waals surface area contributed by atoms with Crippen LogP contribution in [0.4, 0.5) is 0 Å². The van der Waals surface area contributed by atoms with E-state index in [0.29, 0.717) is 31.0 Å². The Hall–Kier alpha value is -0.375. The van der Waals surface area contributed by atoms with Gasteiger partial charge in [-0.15, -0.1) is 0 Å². The first-order valence-corrected chi connectivity index (χ1v) is 54.9. The summed E-state index contributed by atoms with van der Waals surface area (Å²) in [6.07, 6.45) is 36.4. The molecule has 0 saturated carbocycles. The van der Waals surface area contributed by atoms with Crippen LogP contribution in [0.1, 0.15) is 163 Å². The van der Waals surface area contributed by atoms with Crippen LogP contribution in [0.15, 0.2) is 318 Å². The standard InChI is InChI=1S/2C11H9NS2.2C9H10S2.2C8H12S2.2C7H7NS2.2C6H10S2.2C5H8S3.C3H6OS2.C3H4OS2.7Ni/c2*13-7-11(14)9-5-8-3-1-2-4-10(8)12-6-9;2*1-7(10)9(11)8-5-3-2-4-6-8;2*9-6-8(10)7-4-2-1-3-5-7;2*9-5-7(10)6-1-3-8-4-2-6;2*7-5-3-1-2-4-6(5)8;2*6-4-1-2-8-3-5(4)7;1-4-3(6)2-5;4-1-3(6)2-5;;;;;;;/h2*1-7,13-14H;2*2-6,10-11H,1H3;2*4,6,9-10H,1-3,5H2;2*1-5,9-10H;2*7-8H,1-4H2;2*6-7H,1-3H2;2,5-6H,1H3;1-2,5-6H;;;;;;;/p-28. The van der Waals surface area contributed by atoms with Crippen molar-refractivity contribution in [1.82, 2.24) is 19.9 Å². The number of nitrogens with zero attached hydrogens (tertiary/aromatic N) is 4. The number of methoxy groups -OCH3 is 1. The molecule has 6 aliphatic rings. The zero-order valence-electron chi connectivity index (χ0n) is 75.3. The minimum atomic E-state index is 0. The van der Waals surface area contributed by atoms with Crippen LogP contribution in [-0.4, -0.2) is 56.3 Å². The molecule has 0 bridgehead atoms. The van der Waals surface area contributed by atoms with Gasteiger partial charge in [0.15, 0.2) is 0 Å². The molecule has 0 radical (unpaired) electrons. The Kier molecular flexibility index (Phi) is 107. The van der Waals surface area contributed by atoms with E-state index in [1.807, 2.05) is 183 Å². The fraction of sp³-hybridized carbons (Fsp3) is 0.255. The summed E-state index contributed by atoms with van der Waals surface area (Å²) in [6, 6.07) is 46.9. The fourth-order valence-electron chi connectivity index (χ4n) is 10.5. The molecule has 0 unspecified atom stereocenters. The Morgan fingerprint density at radius 1 is 0.319 bits per heavy atom. The van der Waals surface area contributed by atoms with Gasteiger partial charge < -0.3 is 363 Å². The van der Waals surface area contributed by atoms with Crippen LogP contribution in [0.2, 0.25) is 0 Å². The maximum absolute atomic E-state index is 9.50. The van der Waals surface area contributed by atoms with Gasteiger partial charge in [-0.1, -0.05) is 191 Å². The molecule has 0 saturated heterocycles. The molecule has 796 valence electrons. The predicted molar refractivity (Wildman–Crippen MR) is 656 cm³/mol. The zero-order valence-corrected chi connectivity index (χ0v) is 107. The van der Waals surface area contributed by atoms with Crippen LogP contribution in [0, 0.1) is 0 Å². The van der Waals surface area contributed by atoms with E-state index in [9.17, 15) is 4.79 Å². The van der Waals surface area contributed by atoms with Crippen molar-refractivity contribution in [3.8, 4) is 0 Å². The second-order valence-corrected chi connectivity index (χ2v) is 40.9. The number of allylic oxidation sites excluding steroid dienone is 13. The molecular weight excluding hydrogens is 2640 g/mol. The van der Waals surface area contributed by atoms with Gasteiger partial charge in [0.1, 0.15) is 6.29 Å². The van der Waals surface area contributed by atoms with Crippen LogP contribution in [0.25, 0.3) is 51.2 Å². The van der Waals surface area contributed by atoms with Crippen molar-refractivity contribution in [2.24, 2.45) is 0 Å². The molecule has 2 aliphatic heterocycles. The number of para-hydroxylation sites is 2. The maximum Gasteiger partial charge on any atom is 0.121 e. The number of thioether (sulfide) groups is 2. The van der Waals surface area contributed by atoms with Crippen LogP contribution in [0.3, 0.4) is 0 Å². The monoisotopic (exact) mass is 2720 g/mol. The summed E-state index contributed by atoms with van der Waals surface area (Å²) in [7, 11) is 1.49. The van der Waals surface area contributed by atoms with E-state index in [-0.39, 0.29) is 120 Å². The van der Waals surface area contributed by atoms with Crippen LogP contribution < -0.4 is 0 Å². The van der Waals surface area contributed by atoms with Gasteiger partial charge in [-0.25, -0.2) is 86.9 Å². The first-order chi connectivity index (χ1) is 64.3. The van der Waals surface area contributed by atoms with E-state index < -0.39 is 0 Å². The molecule has 4 aromatic heterocycles. The molecule has 141 heavy (non-hydrogen) atoms. The van der Waals surface area contributed by atoms with E-state index >= 15 is 0 Å². The Balaban J connectivity index is -0.000000275. The second-order valence-electron chi connectivity index (χ2n) is 27.3. The van der Waals surface area contributed by atoms with Crippen LogP contribution in [-0.2, 0) is 479 Å². The molecule has 0 amide bonds. The zero-order chi connectivity index (χ0) is 100.0. The molecule has 0 fully saturated rings. The number of aldehydes is 1. The van der Waals surface area contributed by atoms with E-state index in [0.717, 1.165) is 187 Å². The third-order valence-corrected chi connectivity index (χ3v) is 31.4. The maximum atomic E-state index is 9.50. The third-order valence-electron chi connectivity index (χ3n) is 17.6. The normalized spacial score (nSPS) is 14.6. The van der Waals surface area contributed by atoms with E-state index in [1.165, 1.54) is 126 Å². The Bertz CT molecular complexity index is 4910. The number of benzene rings is 4. The van der Waals surface area contributed by atoms with E-state index in [4.69, 9.17) is 278 Å². The summed E-state index contributed by atoms with van der Waals surface area (Å²) in [5.74, 6) is 4.29. The quantitative estimate of drug-likeness (QED) is 0.0428. The molecule has 0 spiro atoms. The third kappa shape index (κ3) is 72.0. The minimum absolute atomic E-state index is 0. The van der Waals surface area contributed by atoms with E-state index in [1.54, 1.807) is 48.0 Å².